The average molecular weight is 380 g/mol. The molecule has 3 fully saturated rings. The van der Waals surface area contributed by atoms with Crippen LogP contribution in [0.25, 0.3) is 0 Å². The molecular formula is C18H35Cl2N3O. The Bertz CT molecular complexity index is 394. The van der Waals surface area contributed by atoms with Gasteiger partial charge in [-0.2, -0.15) is 0 Å². The van der Waals surface area contributed by atoms with E-state index in [-0.39, 0.29) is 42.7 Å². The molecule has 24 heavy (non-hydrogen) atoms. The highest BCUT2D eigenvalue weighted by Crippen LogP contribution is 2.47. The number of nitrogens with one attached hydrogen (secondary N) is 1. The minimum atomic E-state index is 0. The molecule has 6 heteroatoms. The number of halogens is 2. The largest absolute Gasteiger partial charge is 0.356 e. The third-order valence-electron chi connectivity index (χ3n) is 6.40. The first-order valence-corrected chi connectivity index (χ1v) is 9.44. The van der Waals surface area contributed by atoms with E-state index in [1.165, 1.54) is 58.0 Å². The van der Waals surface area contributed by atoms with E-state index in [0.717, 1.165) is 19.0 Å². The van der Waals surface area contributed by atoms with E-state index in [1.807, 2.05) is 0 Å². The third kappa shape index (κ3) is 5.00. The van der Waals surface area contributed by atoms with Crippen molar-refractivity contribution < 1.29 is 4.79 Å². The quantitative estimate of drug-likeness (QED) is 0.697. The second-order valence-electron chi connectivity index (χ2n) is 7.82. The van der Waals surface area contributed by atoms with Crippen molar-refractivity contribution in [2.24, 2.45) is 23.5 Å². The van der Waals surface area contributed by atoms with Gasteiger partial charge in [-0.1, -0.05) is 6.42 Å². The highest BCUT2D eigenvalue weighted by atomic mass is 35.5. The van der Waals surface area contributed by atoms with Gasteiger partial charge in [0, 0.05) is 18.6 Å². The summed E-state index contributed by atoms with van der Waals surface area (Å²) in [7, 11) is 0. The van der Waals surface area contributed by atoms with Gasteiger partial charge in [0.15, 0.2) is 0 Å². The summed E-state index contributed by atoms with van der Waals surface area (Å²) in [6, 6.07) is 0.864. The van der Waals surface area contributed by atoms with Gasteiger partial charge in [-0.15, -0.1) is 24.8 Å². The van der Waals surface area contributed by atoms with E-state index in [0.29, 0.717) is 11.8 Å². The van der Waals surface area contributed by atoms with Gasteiger partial charge in [-0.25, -0.2) is 0 Å². The van der Waals surface area contributed by atoms with Crippen molar-refractivity contribution in [3.05, 3.63) is 0 Å². The summed E-state index contributed by atoms with van der Waals surface area (Å²) in [6.07, 6.45) is 10.00. The van der Waals surface area contributed by atoms with Crippen molar-refractivity contribution in [1.29, 1.82) is 0 Å². The molecule has 0 aromatic heterocycles. The van der Waals surface area contributed by atoms with Crippen molar-refractivity contribution in [2.45, 2.75) is 70.4 Å². The van der Waals surface area contributed by atoms with Crippen molar-refractivity contribution >= 4 is 30.7 Å². The zero-order chi connectivity index (χ0) is 15.5. The summed E-state index contributed by atoms with van der Waals surface area (Å²) in [5, 5.41) is 3.15. The number of nitrogens with two attached hydrogens (primary N) is 1. The van der Waals surface area contributed by atoms with E-state index in [2.05, 4.69) is 17.1 Å². The molecule has 1 saturated heterocycles. The number of carbonyl (C=O) groups is 1. The molecule has 0 radical (unpaired) electrons. The molecule has 5 atom stereocenters. The molecule has 2 bridgehead atoms. The number of likely N-dealkylation sites (tertiary alicyclic amines) is 1. The molecule has 1 aliphatic heterocycles. The number of unbranched alkanes of at least 4 members (excludes halogenated alkanes) is 1. The first kappa shape index (κ1) is 22.0. The standard InChI is InChI=1S/C18H33N3O.2ClH/c1-13-6-2-4-10-21(13)11-5-3-9-20-18(22)16-14-7-8-15(12-14)17(16)19;;/h13-17H,2-12,19H2,1H3,(H,20,22);2*1H. The van der Waals surface area contributed by atoms with Crippen LogP contribution in [0.15, 0.2) is 0 Å². The zero-order valence-electron chi connectivity index (χ0n) is 14.9. The summed E-state index contributed by atoms with van der Waals surface area (Å²) in [6.45, 7) is 5.61. The molecule has 1 amide bonds. The summed E-state index contributed by atoms with van der Waals surface area (Å²) >= 11 is 0. The van der Waals surface area contributed by atoms with Crippen molar-refractivity contribution in [1.82, 2.24) is 10.2 Å². The Hall–Kier alpha value is -0.0300. The summed E-state index contributed by atoms with van der Waals surface area (Å²) in [4.78, 5) is 15.0. The lowest BCUT2D eigenvalue weighted by Gasteiger charge is -2.33. The Morgan fingerprint density at radius 3 is 2.54 bits per heavy atom. The van der Waals surface area contributed by atoms with Gasteiger partial charge in [-0.05, 0) is 76.8 Å². The molecule has 3 rings (SSSR count). The molecule has 4 nitrogen and oxygen atoms in total. The lowest BCUT2D eigenvalue weighted by Crippen LogP contribution is -2.45. The van der Waals surface area contributed by atoms with Crippen molar-refractivity contribution in [3.8, 4) is 0 Å². The number of fused-ring (bicyclic) bond motifs is 2. The lowest BCUT2D eigenvalue weighted by atomic mass is 9.84. The molecule has 0 aromatic rings. The van der Waals surface area contributed by atoms with Crippen LogP contribution in [0.5, 0.6) is 0 Å². The fraction of sp³-hybridized carbons (Fsp3) is 0.944. The van der Waals surface area contributed by atoms with E-state index >= 15 is 0 Å². The minimum Gasteiger partial charge on any atom is -0.356 e. The Morgan fingerprint density at radius 2 is 1.88 bits per heavy atom. The van der Waals surface area contributed by atoms with Gasteiger partial charge in [-0.3, -0.25) is 4.79 Å². The first-order chi connectivity index (χ1) is 10.7. The van der Waals surface area contributed by atoms with Crippen LogP contribution >= 0.6 is 24.8 Å². The Labute approximate surface area is 159 Å². The molecule has 3 N–H and O–H groups in total. The molecule has 2 saturated carbocycles. The van der Waals surface area contributed by atoms with Gasteiger partial charge in [0.05, 0.1) is 5.92 Å². The zero-order valence-corrected chi connectivity index (χ0v) is 16.5. The number of piperidine rings is 1. The van der Waals surface area contributed by atoms with Gasteiger partial charge in [0.25, 0.3) is 0 Å². The first-order valence-electron chi connectivity index (χ1n) is 9.44. The highest BCUT2D eigenvalue weighted by molar-refractivity contribution is 5.85. The average Bonchev–Trinajstić information content (AvgIpc) is 3.09. The van der Waals surface area contributed by atoms with Crippen LogP contribution in [0.3, 0.4) is 0 Å². The summed E-state index contributed by atoms with van der Waals surface area (Å²) < 4.78 is 0. The van der Waals surface area contributed by atoms with Crippen LogP contribution in [0.4, 0.5) is 0 Å². The number of hydrogen-bond donors (Lipinski definition) is 2. The second kappa shape index (κ2) is 10.2. The Balaban J connectivity index is 0.00000144. The maximum atomic E-state index is 12.4. The van der Waals surface area contributed by atoms with Crippen LogP contribution in [0.1, 0.15) is 58.3 Å². The Kier molecular flexibility index (Phi) is 9.35. The fourth-order valence-electron chi connectivity index (χ4n) is 4.98. The predicted molar refractivity (Wildman–Crippen MR) is 104 cm³/mol. The predicted octanol–water partition coefficient (Wildman–Crippen LogP) is 2.97. The third-order valence-corrected chi connectivity index (χ3v) is 6.40. The van der Waals surface area contributed by atoms with Gasteiger partial charge in [0.2, 0.25) is 5.91 Å². The fourth-order valence-corrected chi connectivity index (χ4v) is 4.98. The van der Waals surface area contributed by atoms with Crippen LogP contribution in [0.2, 0.25) is 0 Å². The SMILES string of the molecule is CC1CCCCN1CCCCNC(=O)C1C2CCC(C2)C1N.Cl.Cl. The number of carbonyl (C=O) groups excluding carboxylic acids is 1. The highest BCUT2D eigenvalue weighted by Gasteiger charge is 2.48. The van der Waals surface area contributed by atoms with Crippen molar-refractivity contribution in [3.63, 3.8) is 0 Å². The minimum absolute atomic E-state index is 0. The lowest BCUT2D eigenvalue weighted by molar-refractivity contribution is -0.127. The number of hydrogen-bond acceptors (Lipinski definition) is 3. The molecule has 1 heterocycles. The molecule has 5 unspecified atom stereocenters. The second-order valence-corrected chi connectivity index (χ2v) is 7.82. The summed E-state index contributed by atoms with van der Waals surface area (Å²) in [5.41, 5.74) is 6.24. The maximum Gasteiger partial charge on any atom is 0.224 e. The van der Waals surface area contributed by atoms with Crippen LogP contribution in [0, 0.1) is 17.8 Å². The molecule has 2 aliphatic carbocycles. The number of amides is 1. The smallest absolute Gasteiger partial charge is 0.224 e. The molecular weight excluding hydrogens is 345 g/mol. The molecule has 142 valence electrons. The van der Waals surface area contributed by atoms with Crippen LogP contribution < -0.4 is 11.1 Å². The molecule has 0 aromatic carbocycles. The number of rotatable bonds is 6. The monoisotopic (exact) mass is 379 g/mol. The van der Waals surface area contributed by atoms with E-state index in [9.17, 15) is 4.79 Å². The van der Waals surface area contributed by atoms with Gasteiger partial charge in [0.1, 0.15) is 0 Å². The van der Waals surface area contributed by atoms with Crippen LogP contribution in [-0.4, -0.2) is 42.5 Å². The van der Waals surface area contributed by atoms with Gasteiger partial charge < -0.3 is 16.0 Å². The maximum absolute atomic E-state index is 12.4. The Morgan fingerprint density at radius 1 is 1.12 bits per heavy atom. The topological polar surface area (TPSA) is 58.4 Å². The van der Waals surface area contributed by atoms with E-state index in [4.69, 9.17) is 5.73 Å². The van der Waals surface area contributed by atoms with E-state index < -0.39 is 0 Å². The summed E-state index contributed by atoms with van der Waals surface area (Å²) in [5.74, 6) is 1.50. The number of nitrogens with zero attached hydrogens (tertiary/aromatic N) is 1. The van der Waals surface area contributed by atoms with Crippen LogP contribution in [-0.2, 0) is 4.79 Å². The van der Waals surface area contributed by atoms with Crippen molar-refractivity contribution in [2.75, 3.05) is 19.6 Å². The molecule has 0 spiro atoms. The van der Waals surface area contributed by atoms with E-state index in [1.54, 1.807) is 0 Å². The molecule has 3 aliphatic rings. The normalized spacial score (nSPS) is 35.2. The van der Waals surface area contributed by atoms with Gasteiger partial charge >= 0.3 is 0 Å².